The molecule has 1 atom stereocenters. The number of benzene rings is 1. The zero-order chi connectivity index (χ0) is 16.0. The number of amides is 1. The Morgan fingerprint density at radius 2 is 2.19 bits per heavy atom. The molecule has 1 amide bonds. The van der Waals surface area contributed by atoms with Crippen LogP contribution in [0.4, 0.5) is 11.4 Å². The van der Waals surface area contributed by atoms with Gasteiger partial charge in [-0.05, 0) is 26.5 Å². The topological polar surface area (TPSA) is 95.7 Å². The molecule has 0 aliphatic carbocycles. The van der Waals surface area contributed by atoms with Gasteiger partial charge >= 0.3 is 0 Å². The van der Waals surface area contributed by atoms with E-state index in [1.165, 1.54) is 12.1 Å². The van der Waals surface area contributed by atoms with Crippen molar-refractivity contribution in [1.82, 2.24) is 4.90 Å². The molecule has 21 heavy (non-hydrogen) atoms. The first kappa shape index (κ1) is 17.1. The van der Waals surface area contributed by atoms with E-state index in [4.69, 9.17) is 5.11 Å². The molecule has 0 saturated heterocycles. The van der Waals surface area contributed by atoms with Crippen LogP contribution >= 0.6 is 0 Å². The van der Waals surface area contributed by atoms with Crippen LogP contribution in [0, 0.1) is 17.0 Å². The summed E-state index contributed by atoms with van der Waals surface area (Å²) in [4.78, 5) is 24.0. The molecule has 0 aromatic heterocycles. The van der Waals surface area contributed by atoms with Crippen molar-refractivity contribution in [3.8, 4) is 0 Å². The van der Waals surface area contributed by atoms with E-state index in [-0.39, 0.29) is 30.7 Å². The summed E-state index contributed by atoms with van der Waals surface area (Å²) in [7, 11) is 1.83. The molecule has 1 aromatic rings. The molecule has 1 aromatic carbocycles. The summed E-state index contributed by atoms with van der Waals surface area (Å²) < 4.78 is 0. The number of nitro groups is 1. The molecule has 7 heteroatoms. The van der Waals surface area contributed by atoms with Crippen LogP contribution in [0.5, 0.6) is 0 Å². The molecule has 2 N–H and O–H groups in total. The van der Waals surface area contributed by atoms with Crippen LogP contribution in [0.1, 0.15) is 18.9 Å². The molecule has 0 aliphatic rings. The number of hydrogen-bond acceptors (Lipinski definition) is 5. The van der Waals surface area contributed by atoms with Crippen LogP contribution in [0.25, 0.3) is 0 Å². The predicted molar refractivity (Wildman–Crippen MR) is 80.3 cm³/mol. The van der Waals surface area contributed by atoms with Gasteiger partial charge in [0.25, 0.3) is 5.69 Å². The van der Waals surface area contributed by atoms with E-state index in [0.29, 0.717) is 12.2 Å². The average molecular weight is 295 g/mol. The smallest absolute Gasteiger partial charge is 0.271 e. The summed E-state index contributed by atoms with van der Waals surface area (Å²) in [5.41, 5.74) is 1.17. The third-order valence-electron chi connectivity index (χ3n) is 3.41. The molecule has 0 spiro atoms. The molecular weight excluding hydrogens is 274 g/mol. The summed E-state index contributed by atoms with van der Waals surface area (Å²) in [6.45, 7) is 4.17. The number of hydrogen-bond donors (Lipinski definition) is 2. The van der Waals surface area contributed by atoms with E-state index >= 15 is 0 Å². The summed E-state index contributed by atoms with van der Waals surface area (Å²) in [5, 5.41) is 22.4. The molecule has 0 heterocycles. The Morgan fingerprint density at radius 3 is 2.76 bits per heavy atom. The van der Waals surface area contributed by atoms with E-state index in [0.717, 1.165) is 5.56 Å². The number of nitrogens with one attached hydrogen (secondary N) is 1. The van der Waals surface area contributed by atoms with Gasteiger partial charge in [-0.3, -0.25) is 14.9 Å². The Kier molecular flexibility index (Phi) is 6.26. The number of anilines is 1. The first-order valence-electron chi connectivity index (χ1n) is 6.71. The highest BCUT2D eigenvalue weighted by atomic mass is 16.6. The zero-order valence-electron chi connectivity index (χ0n) is 12.5. The first-order valence-corrected chi connectivity index (χ1v) is 6.71. The van der Waals surface area contributed by atoms with Gasteiger partial charge < -0.3 is 15.3 Å². The lowest BCUT2D eigenvalue weighted by molar-refractivity contribution is -0.384. The Hall–Kier alpha value is -1.99. The maximum Gasteiger partial charge on any atom is 0.271 e. The summed E-state index contributed by atoms with van der Waals surface area (Å²) in [5.74, 6) is -0.212. The molecule has 7 nitrogen and oxygen atoms in total. The van der Waals surface area contributed by atoms with Gasteiger partial charge in [-0.25, -0.2) is 0 Å². The monoisotopic (exact) mass is 295 g/mol. The number of aliphatic hydroxyl groups is 1. The van der Waals surface area contributed by atoms with Gasteiger partial charge in [0.1, 0.15) is 0 Å². The van der Waals surface area contributed by atoms with E-state index < -0.39 is 4.92 Å². The standard InChI is InChI=1S/C14H21N3O4/c1-10-4-5-12(17(20)21)8-13(10)15-14(19)6-7-16(3)11(2)9-18/h4-5,8,11,18H,6-7,9H2,1-3H3,(H,15,19). The average Bonchev–Trinajstić information content (AvgIpc) is 2.45. The molecular formula is C14H21N3O4. The lowest BCUT2D eigenvalue weighted by atomic mass is 10.1. The fourth-order valence-electron chi connectivity index (χ4n) is 1.71. The second kappa shape index (κ2) is 7.70. The highest BCUT2D eigenvalue weighted by Crippen LogP contribution is 2.21. The molecule has 0 radical (unpaired) electrons. The number of rotatable bonds is 7. The van der Waals surface area contributed by atoms with Crippen LogP contribution in [-0.4, -0.2) is 47.1 Å². The van der Waals surface area contributed by atoms with E-state index in [1.807, 2.05) is 18.9 Å². The highest BCUT2D eigenvalue weighted by molar-refractivity contribution is 5.92. The minimum Gasteiger partial charge on any atom is -0.395 e. The largest absolute Gasteiger partial charge is 0.395 e. The number of likely N-dealkylation sites (N-methyl/N-ethyl adjacent to an activating group) is 1. The minimum absolute atomic E-state index is 0.0163. The van der Waals surface area contributed by atoms with Crippen LogP contribution in [0.3, 0.4) is 0 Å². The first-order chi connectivity index (χ1) is 9.85. The fourth-order valence-corrected chi connectivity index (χ4v) is 1.71. The summed E-state index contributed by atoms with van der Waals surface area (Å²) >= 11 is 0. The maximum absolute atomic E-state index is 11.9. The predicted octanol–water partition coefficient (Wildman–Crippen LogP) is 1.54. The Balaban J connectivity index is 2.62. The summed E-state index contributed by atoms with van der Waals surface area (Å²) in [6, 6.07) is 4.35. The fraction of sp³-hybridized carbons (Fsp3) is 0.500. The van der Waals surface area contributed by atoms with Crippen LogP contribution in [-0.2, 0) is 4.79 Å². The van der Waals surface area contributed by atoms with Crippen molar-refractivity contribution in [2.24, 2.45) is 0 Å². The maximum atomic E-state index is 11.9. The van der Waals surface area contributed by atoms with Crippen molar-refractivity contribution in [3.63, 3.8) is 0 Å². The number of aliphatic hydroxyl groups excluding tert-OH is 1. The van der Waals surface area contributed by atoms with E-state index in [9.17, 15) is 14.9 Å². The number of nitrogens with zero attached hydrogens (tertiary/aromatic N) is 2. The van der Waals surface area contributed by atoms with Gasteiger partial charge in [-0.1, -0.05) is 6.07 Å². The molecule has 0 fully saturated rings. The Bertz CT molecular complexity index is 519. The number of nitro benzene ring substituents is 1. The van der Waals surface area contributed by atoms with Gasteiger partial charge in [0.15, 0.2) is 0 Å². The van der Waals surface area contributed by atoms with Crippen LogP contribution in [0.15, 0.2) is 18.2 Å². The third kappa shape index (κ3) is 5.13. The lowest BCUT2D eigenvalue weighted by Gasteiger charge is -2.22. The second-order valence-corrected chi connectivity index (χ2v) is 5.07. The van der Waals surface area contributed by atoms with Gasteiger partial charge in [0.2, 0.25) is 5.91 Å². The van der Waals surface area contributed by atoms with Gasteiger partial charge in [-0.2, -0.15) is 0 Å². The van der Waals surface area contributed by atoms with Crippen molar-refractivity contribution in [2.45, 2.75) is 26.3 Å². The number of aryl methyl sites for hydroxylation is 1. The Labute approximate surface area is 123 Å². The number of carbonyl (C=O) groups is 1. The molecule has 0 bridgehead atoms. The normalized spacial score (nSPS) is 12.2. The van der Waals surface area contributed by atoms with Gasteiger partial charge in [0, 0.05) is 31.1 Å². The molecule has 116 valence electrons. The zero-order valence-corrected chi connectivity index (χ0v) is 12.5. The van der Waals surface area contributed by atoms with Gasteiger partial charge in [0.05, 0.1) is 17.2 Å². The van der Waals surface area contributed by atoms with Crippen molar-refractivity contribution >= 4 is 17.3 Å². The Morgan fingerprint density at radius 1 is 1.52 bits per heavy atom. The van der Waals surface area contributed by atoms with Crippen LogP contribution in [0.2, 0.25) is 0 Å². The molecule has 0 saturated carbocycles. The van der Waals surface area contributed by atoms with Crippen molar-refractivity contribution in [3.05, 3.63) is 33.9 Å². The molecule has 1 unspecified atom stereocenters. The van der Waals surface area contributed by atoms with Crippen LogP contribution < -0.4 is 5.32 Å². The highest BCUT2D eigenvalue weighted by Gasteiger charge is 2.13. The molecule has 0 aliphatic heterocycles. The number of non-ortho nitro benzene ring substituents is 1. The summed E-state index contributed by atoms with van der Waals surface area (Å²) in [6.07, 6.45) is 0.253. The lowest BCUT2D eigenvalue weighted by Crippen LogP contribution is -2.34. The van der Waals surface area contributed by atoms with E-state index in [1.54, 1.807) is 13.0 Å². The van der Waals surface area contributed by atoms with E-state index in [2.05, 4.69) is 5.32 Å². The van der Waals surface area contributed by atoms with Crippen molar-refractivity contribution < 1.29 is 14.8 Å². The quantitative estimate of drug-likeness (QED) is 0.587. The SMILES string of the molecule is Cc1ccc([N+](=O)[O-])cc1NC(=O)CCN(C)C(C)CO. The molecule has 1 rings (SSSR count). The van der Waals surface area contributed by atoms with Crippen molar-refractivity contribution in [1.29, 1.82) is 0 Å². The number of carbonyl (C=O) groups excluding carboxylic acids is 1. The third-order valence-corrected chi connectivity index (χ3v) is 3.41. The second-order valence-electron chi connectivity index (χ2n) is 5.07. The van der Waals surface area contributed by atoms with Crippen molar-refractivity contribution in [2.75, 3.05) is 25.5 Å². The minimum atomic E-state index is -0.494. The van der Waals surface area contributed by atoms with Gasteiger partial charge in [-0.15, -0.1) is 0 Å².